The van der Waals surface area contributed by atoms with Crippen LogP contribution >= 0.6 is 0 Å². The summed E-state index contributed by atoms with van der Waals surface area (Å²) in [6, 6.07) is 5.55. The molecule has 1 heterocycles. The highest BCUT2D eigenvalue weighted by molar-refractivity contribution is 7.89. The van der Waals surface area contributed by atoms with E-state index >= 15 is 0 Å². The average molecular weight is 467 g/mol. The number of amides is 1. The number of hydrogen-bond donors (Lipinski definition) is 1. The van der Waals surface area contributed by atoms with Crippen molar-refractivity contribution in [3.8, 4) is 0 Å². The van der Waals surface area contributed by atoms with E-state index in [-0.39, 0.29) is 10.8 Å². The molecule has 1 amide bonds. The van der Waals surface area contributed by atoms with E-state index in [4.69, 9.17) is 4.74 Å². The van der Waals surface area contributed by atoms with Gasteiger partial charge in [-0.25, -0.2) is 8.42 Å². The molecule has 0 aromatic heterocycles. The van der Waals surface area contributed by atoms with Crippen LogP contribution in [0.25, 0.3) is 0 Å². The molecule has 1 saturated heterocycles. The number of nitrogens with zero attached hydrogens (tertiary/aromatic N) is 3. The van der Waals surface area contributed by atoms with E-state index in [1.165, 1.54) is 4.31 Å². The molecule has 32 heavy (non-hydrogen) atoms. The summed E-state index contributed by atoms with van der Waals surface area (Å²) in [7, 11) is -3.65. The Bertz CT molecular complexity index is 876. The number of ether oxygens (including phenoxy) is 1. The third kappa shape index (κ3) is 6.21. The van der Waals surface area contributed by atoms with Gasteiger partial charge in [-0.2, -0.15) is 4.31 Å². The highest BCUT2D eigenvalue weighted by Gasteiger charge is 2.31. The van der Waals surface area contributed by atoms with Gasteiger partial charge in [-0.1, -0.05) is 13.8 Å². The number of carbonyl (C=O) groups excluding carboxylic acids is 1. The van der Waals surface area contributed by atoms with Crippen LogP contribution in [0.5, 0.6) is 0 Å². The molecule has 3 rings (SSSR count). The fraction of sp³-hybridized carbons (Fsp3) is 0.696. The van der Waals surface area contributed by atoms with E-state index in [9.17, 15) is 13.2 Å². The largest absolute Gasteiger partial charge is 0.379 e. The van der Waals surface area contributed by atoms with Crippen LogP contribution in [-0.4, -0.2) is 82.1 Å². The molecule has 9 heteroatoms. The van der Waals surface area contributed by atoms with Gasteiger partial charge in [0.25, 0.3) is 0 Å². The van der Waals surface area contributed by atoms with E-state index < -0.39 is 10.0 Å². The molecule has 2 fully saturated rings. The van der Waals surface area contributed by atoms with Crippen LogP contribution in [0.15, 0.2) is 23.1 Å². The minimum atomic E-state index is -3.65. The van der Waals surface area contributed by atoms with Gasteiger partial charge in [0.2, 0.25) is 15.9 Å². The van der Waals surface area contributed by atoms with Crippen LogP contribution < -0.4 is 10.2 Å². The lowest BCUT2D eigenvalue weighted by molar-refractivity contribution is -0.117. The molecule has 0 spiro atoms. The minimum Gasteiger partial charge on any atom is -0.379 e. The van der Waals surface area contributed by atoms with E-state index in [2.05, 4.69) is 29.0 Å². The quantitative estimate of drug-likeness (QED) is 0.540. The molecule has 1 aliphatic heterocycles. The highest BCUT2D eigenvalue weighted by Crippen LogP contribution is 2.31. The Morgan fingerprint density at radius 2 is 1.84 bits per heavy atom. The molecule has 1 saturated carbocycles. The first-order valence-corrected chi connectivity index (χ1v) is 13.2. The van der Waals surface area contributed by atoms with E-state index in [0.29, 0.717) is 50.5 Å². The Morgan fingerprint density at radius 1 is 1.19 bits per heavy atom. The van der Waals surface area contributed by atoms with Crippen LogP contribution in [-0.2, 0) is 19.6 Å². The molecule has 1 aromatic rings. The summed E-state index contributed by atoms with van der Waals surface area (Å²) in [5.41, 5.74) is 1.39. The Kier molecular flexibility index (Phi) is 8.55. The van der Waals surface area contributed by atoms with Gasteiger partial charge in [0.1, 0.15) is 0 Å². The van der Waals surface area contributed by atoms with Crippen molar-refractivity contribution in [3.05, 3.63) is 18.2 Å². The smallest absolute Gasteiger partial charge is 0.243 e. The van der Waals surface area contributed by atoms with Crippen LogP contribution in [0.1, 0.15) is 40.5 Å². The molecule has 1 N–H and O–H groups in total. The molecule has 2 aliphatic rings. The van der Waals surface area contributed by atoms with Crippen LogP contribution in [0.2, 0.25) is 0 Å². The van der Waals surface area contributed by atoms with Crippen LogP contribution in [0, 0.1) is 5.92 Å². The summed E-state index contributed by atoms with van der Waals surface area (Å²) in [6.45, 7) is 12.6. The number of sulfonamides is 1. The molecule has 1 aromatic carbocycles. The van der Waals surface area contributed by atoms with Crippen molar-refractivity contribution in [2.45, 2.75) is 51.5 Å². The summed E-state index contributed by atoms with van der Waals surface area (Å²) >= 11 is 0. The number of hydrogen-bond acceptors (Lipinski definition) is 6. The zero-order valence-electron chi connectivity index (χ0n) is 19.8. The maximum absolute atomic E-state index is 13.2. The number of anilines is 2. The van der Waals surface area contributed by atoms with E-state index in [1.807, 2.05) is 19.9 Å². The molecule has 0 bridgehead atoms. The Balaban J connectivity index is 1.85. The van der Waals surface area contributed by atoms with Gasteiger partial charge in [-0.15, -0.1) is 0 Å². The molecule has 180 valence electrons. The predicted octanol–water partition coefficient (Wildman–Crippen LogP) is 2.61. The number of rotatable bonds is 11. The lowest BCUT2D eigenvalue weighted by atomic mass is 10.2. The van der Waals surface area contributed by atoms with Crippen molar-refractivity contribution >= 4 is 27.3 Å². The summed E-state index contributed by atoms with van der Waals surface area (Å²) in [4.78, 5) is 17.6. The fourth-order valence-electron chi connectivity index (χ4n) is 4.18. The van der Waals surface area contributed by atoms with Crippen molar-refractivity contribution in [2.75, 3.05) is 62.7 Å². The lowest BCUT2D eigenvalue weighted by Gasteiger charge is -2.28. The minimum absolute atomic E-state index is 0.105. The van der Waals surface area contributed by atoms with Crippen molar-refractivity contribution in [1.29, 1.82) is 0 Å². The SMILES string of the molecule is CCN(CC)c1ccc(S(=O)(=O)N2CCOCC2)cc1NC(=O)CN(CC(C)C)C1CC1. The van der Waals surface area contributed by atoms with Crippen molar-refractivity contribution in [2.24, 2.45) is 5.92 Å². The lowest BCUT2D eigenvalue weighted by Crippen LogP contribution is -2.40. The molecule has 0 radical (unpaired) electrons. The second-order valence-electron chi connectivity index (χ2n) is 8.97. The summed E-state index contributed by atoms with van der Waals surface area (Å²) in [5, 5.41) is 3.03. The first-order valence-electron chi connectivity index (χ1n) is 11.8. The summed E-state index contributed by atoms with van der Waals surface area (Å²) in [6.07, 6.45) is 2.27. The third-order valence-corrected chi connectivity index (χ3v) is 7.86. The molecular weight excluding hydrogens is 428 g/mol. The van der Waals surface area contributed by atoms with Crippen molar-refractivity contribution in [3.63, 3.8) is 0 Å². The predicted molar refractivity (Wildman–Crippen MR) is 128 cm³/mol. The summed E-state index contributed by atoms with van der Waals surface area (Å²) < 4.78 is 33.1. The standard InChI is InChI=1S/C23H38N4O4S/c1-5-25(6-2)22-10-9-20(32(29,30)27-11-13-31-14-12-27)15-21(22)24-23(28)17-26(16-18(3)4)19-7-8-19/h9-10,15,18-19H,5-8,11-14,16-17H2,1-4H3,(H,24,28). The second-order valence-corrected chi connectivity index (χ2v) is 10.9. The summed E-state index contributed by atoms with van der Waals surface area (Å²) in [5.74, 6) is 0.378. The second kappa shape index (κ2) is 11.0. The van der Waals surface area contributed by atoms with Gasteiger partial charge < -0.3 is 15.0 Å². The molecular formula is C23H38N4O4S. The molecule has 1 aliphatic carbocycles. The topological polar surface area (TPSA) is 82.2 Å². The van der Waals surface area contributed by atoms with Gasteiger partial charge in [-0.05, 0) is 50.8 Å². The average Bonchev–Trinajstić information content (AvgIpc) is 3.61. The third-order valence-electron chi connectivity index (χ3n) is 5.96. The van der Waals surface area contributed by atoms with Crippen LogP contribution in [0.3, 0.4) is 0 Å². The zero-order chi connectivity index (χ0) is 23.3. The van der Waals surface area contributed by atoms with Gasteiger partial charge >= 0.3 is 0 Å². The van der Waals surface area contributed by atoms with Crippen LogP contribution in [0.4, 0.5) is 11.4 Å². The van der Waals surface area contributed by atoms with Gasteiger partial charge in [0.05, 0.1) is 36.0 Å². The molecule has 0 atom stereocenters. The Morgan fingerprint density at radius 3 is 2.41 bits per heavy atom. The van der Waals surface area contributed by atoms with Gasteiger partial charge in [-0.3, -0.25) is 9.69 Å². The fourth-order valence-corrected chi connectivity index (χ4v) is 5.61. The monoisotopic (exact) mass is 466 g/mol. The van der Waals surface area contributed by atoms with Crippen molar-refractivity contribution < 1.29 is 17.9 Å². The number of morpholine rings is 1. The number of carbonyl (C=O) groups is 1. The Hall–Kier alpha value is -1.68. The maximum atomic E-state index is 13.2. The normalized spacial score (nSPS) is 17.7. The van der Waals surface area contributed by atoms with E-state index in [1.54, 1.807) is 12.1 Å². The van der Waals surface area contributed by atoms with E-state index in [0.717, 1.165) is 38.2 Å². The van der Waals surface area contributed by atoms with Gasteiger partial charge in [0, 0.05) is 38.8 Å². The van der Waals surface area contributed by atoms with Crippen molar-refractivity contribution in [1.82, 2.24) is 9.21 Å². The Labute approximate surface area is 192 Å². The highest BCUT2D eigenvalue weighted by atomic mass is 32.2. The first kappa shape index (κ1) is 25.0. The van der Waals surface area contributed by atoms with Gasteiger partial charge in [0.15, 0.2) is 0 Å². The molecule has 8 nitrogen and oxygen atoms in total. The first-order chi connectivity index (χ1) is 15.3. The number of nitrogens with one attached hydrogen (secondary N) is 1. The number of benzene rings is 1. The molecule has 0 unspecified atom stereocenters. The zero-order valence-corrected chi connectivity index (χ0v) is 20.7. The maximum Gasteiger partial charge on any atom is 0.243 e.